The highest BCUT2D eigenvalue weighted by Crippen LogP contribution is 2.34. The second-order valence-corrected chi connectivity index (χ2v) is 3.86. The summed E-state index contributed by atoms with van der Waals surface area (Å²) in [5.41, 5.74) is -0.498. The van der Waals surface area contributed by atoms with Crippen molar-refractivity contribution in [3.8, 4) is 0 Å². The van der Waals surface area contributed by atoms with Gasteiger partial charge < -0.3 is 15.3 Å². The Morgan fingerprint density at radius 1 is 1.41 bits per heavy atom. The topological polar surface area (TPSA) is 104 Å². The number of nitrogens with zero attached hydrogens (tertiary/aromatic N) is 1. The first-order chi connectivity index (χ1) is 7.99. The van der Waals surface area contributed by atoms with E-state index in [0.29, 0.717) is 0 Å². The van der Waals surface area contributed by atoms with Crippen LogP contribution in [0.15, 0.2) is 18.2 Å². The lowest BCUT2D eigenvalue weighted by atomic mass is 10.0. The van der Waals surface area contributed by atoms with Crippen LogP contribution in [0.1, 0.15) is 18.1 Å². The average molecular weight is 262 g/mol. The molecule has 94 valence electrons. The molecule has 0 spiro atoms. The Labute approximate surface area is 102 Å². The van der Waals surface area contributed by atoms with Crippen LogP contribution in [0.3, 0.4) is 0 Å². The molecule has 6 nitrogen and oxygen atoms in total. The van der Waals surface area contributed by atoms with E-state index in [0.717, 1.165) is 0 Å². The van der Waals surface area contributed by atoms with Gasteiger partial charge in [0.25, 0.3) is 5.69 Å². The van der Waals surface area contributed by atoms with Gasteiger partial charge in [-0.1, -0.05) is 17.7 Å². The molecule has 0 amide bonds. The monoisotopic (exact) mass is 261 g/mol. The Balaban J connectivity index is 3.15. The molecule has 17 heavy (non-hydrogen) atoms. The van der Waals surface area contributed by atoms with Gasteiger partial charge in [0, 0.05) is 12.7 Å². The molecular formula is C10H12ClNO5. The van der Waals surface area contributed by atoms with Crippen molar-refractivity contribution in [2.75, 3.05) is 6.61 Å². The maximum absolute atomic E-state index is 10.8. The van der Waals surface area contributed by atoms with Crippen LogP contribution in [0.4, 0.5) is 5.69 Å². The standard InChI is InChI=1S/C10H12ClNO5/c11-6-2-1-3-7(12(16)17)9(6)10(15)8(14)4-5-13/h1-3,8,10,13-15H,4-5H2. The van der Waals surface area contributed by atoms with Crippen LogP contribution < -0.4 is 0 Å². The second kappa shape index (κ2) is 5.92. The molecule has 0 aliphatic heterocycles. The number of nitro benzene ring substituents is 1. The second-order valence-electron chi connectivity index (χ2n) is 3.45. The number of aliphatic hydroxyl groups is 3. The average Bonchev–Trinajstić information content (AvgIpc) is 2.28. The zero-order valence-electron chi connectivity index (χ0n) is 8.78. The summed E-state index contributed by atoms with van der Waals surface area (Å²) in [6.07, 6.45) is -2.90. The molecule has 0 fully saturated rings. The molecule has 3 N–H and O–H groups in total. The third kappa shape index (κ3) is 3.13. The van der Waals surface area contributed by atoms with Crippen molar-refractivity contribution < 1.29 is 20.2 Å². The zero-order chi connectivity index (χ0) is 13.0. The van der Waals surface area contributed by atoms with Crippen molar-refractivity contribution in [3.63, 3.8) is 0 Å². The highest BCUT2D eigenvalue weighted by atomic mass is 35.5. The SMILES string of the molecule is O=[N+]([O-])c1cccc(Cl)c1C(O)C(O)CCO. The molecule has 0 radical (unpaired) electrons. The molecule has 1 aromatic carbocycles. The van der Waals surface area contributed by atoms with E-state index < -0.39 is 17.1 Å². The Kier molecular flexibility index (Phi) is 4.83. The Hall–Kier alpha value is -1.21. The van der Waals surface area contributed by atoms with Crippen molar-refractivity contribution in [2.45, 2.75) is 18.6 Å². The van der Waals surface area contributed by atoms with Crippen molar-refractivity contribution in [3.05, 3.63) is 38.9 Å². The summed E-state index contributed by atoms with van der Waals surface area (Å²) in [6.45, 7) is -0.337. The summed E-state index contributed by atoms with van der Waals surface area (Å²) >= 11 is 5.77. The van der Waals surface area contributed by atoms with Crippen molar-refractivity contribution in [1.82, 2.24) is 0 Å². The largest absolute Gasteiger partial charge is 0.396 e. The van der Waals surface area contributed by atoms with E-state index in [2.05, 4.69) is 0 Å². The third-order valence-corrected chi connectivity index (χ3v) is 2.64. The van der Waals surface area contributed by atoms with E-state index in [9.17, 15) is 20.3 Å². The molecule has 0 aromatic heterocycles. The lowest BCUT2D eigenvalue weighted by molar-refractivity contribution is -0.386. The molecule has 2 unspecified atom stereocenters. The van der Waals surface area contributed by atoms with E-state index >= 15 is 0 Å². The normalized spacial score (nSPS) is 14.4. The predicted molar refractivity (Wildman–Crippen MR) is 60.8 cm³/mol. The first-order valence-electron chi connectivity index (χ1n) is 4.88. The lowest BCUT2D eigenvalue weighted by Crippen LogP contribution is -2.20. The first-order valence-corrected chi connectivity index (χ1v) is 5.26. The van der Waals surface area contributed by atoms with Crippen LogP contribution in [-0.2, 0) is 0 Å². The van der Waals surface area contributed by atoms with Gasteiger partial charge in [-0.3, -0.25) is 10.1 Å². The van der Waals surface area contributed by atoms with Crippen LogP contribution in [0.2, 0.25) is 5.02 Å². The van der Waals surface area contributed by atoms with Crippen LogP contribution in [0.5, 0.6) is 0 Å². The zero-order valence-corrected chi connectivity index (χ0v) is 9.54. The molecule has 0 saturated heterocycles. The van der Waals surface area contributed by atoms with Crippen LogP contribution in [0, 0.1) is 10.1 Å². The minimum Gasteiger partial charge on any atom is -0.396 e. The number of halogens is 1. The molecule has 0 saturated carbocycles. The lowest BCUT2D eigenvalue weighted by Gasteiger charge is -2.18. The van der Waals surface area contributed by atoms with E-state index in [4.69, 9.17) is 16.7 Å². The van der Waals surface area contributed by atoms with Crippen molar-refractivity contribution in [1.29, 1.82) is 0 Å². The van der Waals surface area contributed by atoms with Crippen LogP contribution in [-0.4, -0.2) is 33.0 Å². The summed E-state index contributed by atoms with van der Waals surface area (Å²) in [6, 6.07) is 3.96. The fraction of sp³-hybridized carbons (Fsp3) is 0.400. The van der Waals surface area contributed by atoms with Gasteiger partial charge in [-0.2, -0.15) is 0 Å². The van der Waals surface area contributed by atoms with Crippen molar-refractivity contribution in [2.24, 2.45) is 0 Å². The number of hydrogen-bond acceptors (Lipinski definition) is 5. The molecule has 0 bridgehead atoms. The van der Waals surface area contributed by atoms with Crippen LogP contribution in [0.25, 0.3) is 0 Å². The Morgan fingerprint density at radius 3 is 2.59 bits per heavy atom. The van der Waals surface area contributed by atoms with Gasteiger partial charge in [-0.05, 0) is 12.5 Å². The molecule has 0 aliphatic carbocycles. The van der Waals surface area contributed by atoms with Gasteiger partial charge in [-0.25, -0.2) is 0 Å². The Bertz CT molecular complexity index is 412. The number of benzene rings is 1. The van der Waals surface area contributed by atoms with Crippen LogP contribution >= 0.6 is 11.6 Å². The molecule has 2 atom stereocenters. The molecule has 1 rings (SSSR count). The van der Waals surface area contributed by atoms with E-state index in [1.807, 2.05) is 0 Å². The summed E-state index contributed by atoms with van der Waals surface area (Å²) in [7, 11) is 0. The van der Waals surface area contributed by atoms with Gasteiger partial charge in [0.15, 0.2) is 0 Å². The number of aliphatic hydroxyl groups excluding tert-OH is 3. The molecule has 0 aliphatic rings. The first kappa shape index (κ1) is 13.9. The minimum absolute atomic E-state index is 0.00342. The molecule has 7 heteroatoms. The van der Waals surface area contributed by atoms with Gasteiger partial charge >= 0.3 is 0 Å². The fourth-order valence-corrected chi connectivity index (χ4v) is 1.74. The number of rotatable bonds is 5. The summed E-state index contributed by atoms with van der Waals surface area (Å²) in [5, 5.41) is 38.7. The third-order valence-electron chi connectivity index (χ3n) is 2.31. The van der Waals surface area contributed by atoms with E-state index in [1.165, 1.54) is 18.2 Å². The van der Waals surface area contributed by atoms with Crippen molar-refractivity contribution >= 4 is 17.3 Å². The Morgan fingerprint density at radius 2 is 2.06 bits per heavy atom. The maximum Gasteiger partial charge on any atom is 0.276 e. The van der Waals surface area contributed by atoms with Gasteiger partial charge in [-0.15, -0.1) is 0 Å². The number of nitro groups is 1. The van der Waals surface area contributed by atoms with E-state index in [1.54, 1.807) is 0 Å². The minimum atomic E-state index is -1.50. The quantitative estimate of drug-likeness (QED) is 0.542. The smallest absolute Gasteiger partial charge is 0.276 e. The maximum atomic E-state index is 10.8. The molecular weight excluding hydrogens is 250 g/mol. The summed E-state index contributed by atoms with van der Waals surface area (Å²) in [4.78, 5) is 10.1. The number of hydrogen-bond donors (Lipinski definition) is 3. The highest BCUT2D eigenvalue weighted by molar-refractivity contribution is 6.31. The van der Waals surface area contributed by atoms with E-state index in [-0.39, 0.29) is 29.3 Å². The summed E-state index contributed by atoms with van der Waals surface area (Å²) in [5.74, 6) is 0. The molecule has 0 heterocycles. The molecule has 1 aromatic rings. The predicted octanol–water partition coefficient (Wildman–Crippen LogP) is 1.02. The van der Waals surface area contributed by atoms with Gasteiger partial charge in [0.05, 0.1) is 21.6 Å². The fourth-order valence-electron chi connectivity index (χ4n) is 1.46. The van der Waals surface area contributed by atoms with Gasteiger partial charge in [0.1, 0.15) is 6.10 Å². The summed E-state index contributed by atoms with van der Waals surface area (Å²) < 4.78 is 0. The van der Waals surface area contributed by atoms with Gasteiger partial charge in [0.2, 0.25) is 0 Å². The highest BCUT2D eigenvalue weighted by Gasteiger charge is 2.28.